The minimum Gasteiger partial charge on any atom is -0.381 e. The van der Waals surface area contributed by atoms with Crippen LogP contribution in [0, 0.1) is 5.92 Å². The van der Waals surface area contributed by atoms with E-state index in [1.165, 1.54) is 0 Å². The Morgan fingerprint density at radius 2 is 2.18 bits per heavy atom. The van der Waals surface area contributed by atoms with Gasteiger partial charge in [0.25, 0.3) is 0 Å². The number of ether oxygens (including phenoxy) is 2. The van der Waals surface area contributed by atoms with Crippen LogP contribution in [0.1, 0.15) is 12.8 Å². The average molecular weight is 157 g/mol. The van der Waals surface area contributed by atoms with Gasteiger partial charge in [-0.3, -0.25) is 0 Å². The summed E-state index contributed by atoms with van der Waals surface area (Å²) < 4.78 is 10.6. The van der Waals surface area contributed by atoms with Crippen molar-refractivity contribution >= 4 is 0 Å². The van der Waals surface area contributed by atoms with Crippen LogP contribution in [0.4, 0.5) is 0 Å². The van der Waals surface area contributed by atoms with Gasteiger partial charge in [0, 0.05) is 24.7 Å². The molecule has 2 unspecified atom stereocenters. The van der Waals surface area contributed by atoms with Gasteiger partial charge in [-0.1, -0.05) is 0 Å². The molecule has 3 nitrogen and oxygen atoms in total. The van der Waals surface area contributed by atoms with E-state index in [2.05, 4.69) is 0 Å². The maximum absolute atomic E-state index is 6.16. The van der Waals surface area contributed by atoms with Crippen LogP contribution in [-0.2, 0) is 9.47 Å². The van der Waals surface area contributed by atoms with E-state index in [0.717, 1.165) is 39.3 Å². The van der Waals surface area contributed by atoms with Crippen molar-refractivity contribution in [3.8, 4) is 0 Å². The molecule has 2 atom stereocenters. The van der Waals surface area contributed by atoms with E-state index in [1.54, 1.807) is 0 Å². The Hall–Kier alpha value is -0.120. The van der Waals surface area contributed by atoms with E-state index < -0.39 is 0 Å². The van der Waals surface area contributed by atoms with Gasteiger partial charge in [-0.25, -0.2) is 0 Å². The second-order valence-corrected chi connectivity index (χ2v) is 3.60. The minimum atomic E-state index is -0.0729. The predicted octanol–water partition coefficient (Wildman–Crippen LogP) is 0.141. The summed E-state index contributed by atoms with van der Waals surface area (Å²) in [6, 6.07) is 0. The van der Waals surface area contributed by atoms with Crippen molar-refractivity contribution in [2.24, 2.45) is 11.7 Å². The summed E-state index contributed by atoms with van der Waals surface area (Å²) in [5.74, 6) is 0.532. The van der Waals surface area contributed by atoms with Gasteiger partial charge >= 0.3 is 0 Å². The van der Waals surface area contributed by atoms with Crippen molar-refractivity contribution in [3.63, 3.8) is 0 Å². The number of hydrogen-bond acceptors (Lipinski definition) is 3. The van der Waals surface area contributed by atoms with Crippen molar-refractivity contribution in [2.45, 2.75) is 18.4 Å². The average Bonchev–Trinajstić information content (AvgIpc) is 2.55. The molecule has 0 spiro atoms. The highest BCUT2D eigenvalue weighted by Gasteiger charge is 2.40. The van der Waals surface area contributed by atoms with Crippen LogP contribution < -0.4 is 5.73 Å². The summed E-state index contributed by atoms with van der Waals surface area (Å²) in [5.41, 5.74) is 6.09. The fourth-order valence-electron chi connectivity index (χ4n) is 1.91. The number of nitrogens with two attached hydrogens (primary N) is 1. The topological polar surface area (TPSA) is 44.5 Å². The zero-order valence-electron chi connectivity index (χ0n) is 6.71. The summed E-state index contributed by atoms with van der Waals surface area (Å²) in [6.07, 6.45) is 2.11. The lowest BCUT2D eigenvalue weighted by atomic mass is 9.84. The lowest BCUT2D eigenvalue weighted by Crippen LogP contribution is -2.48. The fourth-order valence-corrected chi connectivity index (χ4v) is 1.91. The van der Waals surface area contributed by atoms with E-state index in [1.807, 2.05) is 0 Å². The molecule has 2 rings (SSSR count). The molecule has 0 saturated carbocycles. The van der Waals surface area contributed by atoms with Crippen LogP contribution in [0.5, 0.6) is 0 Å². The van der Waals surface area contributed by atoms with E-state index in [9.17, 15) is 0 Å². The molecule has 0 aromatic rings. The van der Waals surface area contributed by atoms with Crippen LogP contribution in [-0.4, -0.2) is 32.0 Å². The van der Waals surface area contributed by atoms with Gasteiger partial charge < -0.3 is 15.2 Å². The first-order chi connectivity index (χ1) is 5.31. The fraction of sp³-hybridized carbons (Fsp3) is 1.00. The normalized spacial score (nSPS) is 45.0. The summed E-state index contributed by atoms with van der Waals surface area (Å²) in [6.45, 7) is 3.26. The largest absolute Gasteiger partial charge is 0.381 e. The van der Waals surface area contributed by atoms with Crippen LogP contribution in [0.2, 0.25) is 0 Å². The molecule has 11 heavy (non-hydrogen) atoms. The van der Waals surface area contributed by atoms with Crippen LogP contribution in [0.3, 0.4) is 0 Å². The Morgan fingerprint density at radius 1 is 1.27 bits per heavy atom. The molecule has 2 aliphatic heterocycles. The predicted molar refractivity (Wildman–Crippen MR) is 41.3 cm³/mol. The molecule has 2 heterocycles. The number of hydrogen-bond donors (Lipinski definition) is 1. The van der Waals surface area contributed by atoms with Crippen molar-refractivity contribution in [1.82, 2.24) is 0 Å². The van der Waals surface area contributed by atoms with Crippen molar-refractivity contribution in [1.29, 1.82) is 0 Å². The van der Waals surface area contributed by atoms with Gasteiger partial charge in [-0.2, -0.15) is 0 Å². The van der Waals surface area contributed by atoms with Crippen molar-refractivity contribution < 1.29 is 9.47 Å². The summed E-state index contributed by atoms with van der Waals surface area (Å²) >= 11 is 0. The molecule has 0 aliphatic carbocycles. The van der Waals surface area contributed by atoms with Crippen molar-refractivity contribution in [3.05, 3.63) is 0 Å². The molecule has 0 aromatic heterocycles. The number of rotatable bonds is 1. The van der Waals surface area contributed by atoms with E-state index in [0.29, 0.717) is 5.92 Å². The smallest absolute Gasteiger partial charge is 0.0650 e. The van der Waals surface area contributed by atoms with Gasteiger partial charge in [-0.05, 0) is 12.8 Å². The van der Waals surface area contributed by atoms with E-state index in [4.69, 9.17) is 15.2 Å². The highest BCUT2D eigenvalue weighted by Crippen LogP contribution is 2.30. The zero-order valence-corrected chi connectivity index (χ0v) is 6.71. The molecule has 2 fully saturated rings. The first kappa shape index (κ1) is 7.53. The Morgan fingerprint density at radius 3 is 2.73 bits per heavy atom. The molecule has 0 aromatic carbocycles. The maximum atomic E-state index is 6.16. The van der Waals surface area contributed by atoms with Crippen LogP contribution in [0.25, 0.3) is 0 Å². The molecule has 64 valence electrons. The standard InChI is InChI=1S/C8H15NO2/c9-8(2-4-11-6-8)7-1-3-10-5-7/h7H,1-6,9H2. The maximum Gasteiger partial charge on any atom is 0.0650 e. The second kappa shape index (κ2) is 2.73. The molecule has 0 radical (unpaired) electrons. The van der Waals surface area contributed by atoms with Crippen LogP contribution >= 0.6 is 0 Å². The summed E-state index contributed by atoms with van der Waals surface area (Å²) in [5, 5.41) is 0. The zero-order chi connectivity index (χ0) is 7.73. The SMILES string of the molecule is NC1(C2CCOC2)CCOC1. The molecule has 2 N–H and O–H groups in total. The molecule has 0 amide bonds. The van der Waals surface area contributed by atoms with E-state index in [-0.39, 0.29) is 5.54 Å². The third-order valence-corrected chi connectivity index (χ3v) is 2.83. The first-order valence-corrected chi connectivity index (χ1v) is 4.26. The van der Waals surface area contributed by atoms with E-state index >= 15 is 0 Å². The molecule has 2 aliphatic rings. The van der Waals surface area contributed by atoms with Gasteiger partial charge in [-0.15, -0.1) is 0 Å². The molecule has 3 heteroatoms. The lowest BCUT2D eigenvalue weighted by Gasteiger charge is -2.27. The Labute approximate surface area is 66.8 Å². The highest BCUT2D eigenvalue weighted by atomic mass is 16.5. The third kappa shape index (κ3) is 1.28. The molecular weight excluding hydrogens is 142 g/mol. The van der Waals surface area contributed by atoms with Gasteiger partial charge in [0.2, 0.25) is 0 Å². The summed E-state index contributed by atoms with van der Waals surface area (Å²) in [7, 11) is 0. The van der Waals surface area contributed by atoms with Gasteiger partial charge in [0.1, 0.15) is 0 Å². The third-order valence-electron chi connectivity index (χ3n) is 2.83. The van der Waals surface area contributed by atoms with Crippen molar-refractivity contribution in [2.75, 3.05) is 26.4 Å². The molecule has 2 saturated heterocycles. The minimum absolute atomic E-state index is 0.0729. The van der Waals surface area contributed by atoms with Crippen LogP contribution in [0.15, 0.2) is 0 Å². The quantitative estimate of drug-likeness (QED) is 0.589. The Balaban J connectivity index is 2.00. The second-order valence-electron chi connectivity index (χ2n) is 3.60. The Bertz CT molecular complexity index is 137. The molecule has 0 bridgehead atoms. The molecular formula is C8H15NO2. The highest BCUT2D eigenvalue weighted by molar-refractivity contribution is 4.95. The first-order valence-electron chi connectivity index (χ1n) is 4.26. The summed E-state index contributed by atoms with van der Waals surface area (Å²) in [4.78, 5) is 0. The lowest BCUT2D eigenvalue weighted by molar-refractivity contribution is 0.136. The van der Waals surface area contributed by atoms with Gasteiger partial charge in [0.15, 0.2) is 0 Å². The monoisotopic (exact) mass is 157 g/mol. The van der Waals surface area contributed by atoms with Gasteiger partial charge in [0.05, 0.1) is 13.2 Å². The Kier molecular flexibility index (Phi) is 1.87.